The first-order valence-electron chi connectivity index (χ1n) is 12.6. The van der Waals surface area contributed by atoms with Crippen LogP contribution in [0.4, 0.5) is 10.1 Å². The molecule has 1 N–H and O–H groups in total. The van der Waals surface area contributed by atoms with E-state index in [1.807, 2.05) is 36.4 Å². The van der Waals surface area contributed by atoms with Crippen LogP contribution in [0.3, 0.4) is 0 Å². The lowest BCUT2D eigenvalue weighted by Crippen LogP contribution is -2.54. The van der Waals surface area contributed by atoms with Crippen molar-refractivity contribution in [3.05, 3.63) is 109 Å². The van der Waals surface area contributed by atoms with Crippen LogP contribution in [-0.4, -0.2) is 43.6 Å². The van der Waals surface area contributed by atoms with Crippen LogP contribution < -0.4 is 10.1 Å². The van der Waals surface area contributed by atoms with Gasteiger partial charge in [0.15, 0.2) is 0 Å². The van der Waals surface area contributed by atoms with Crippen LogP contribution >= 0.6 is 0 Å². The molecule has 1 saturated heterocycles. The number of nitrogens with one attached hydrogen (secondary N) is 1. The highest BCUT2D eigenvalue weighted by atomic mass is 19.1. The van der Waals surface area contributed by atoms with Crippen LogP contribution in [0.15, 0.2) is 97.6 Å². The van der Waals surface area contributed by atoms with Crippen LogP contribution in [0.1, 0.15) is 18.9 Å². The van der Waals surface area contributed by atoms with E-state index in [0.29, 0.717) is 30.2 Å². The lowest BCUT2D eigenvalue weighted by Gasteiger charge is -2.33. The van der Waals surface area contributed by atoms with E-state index >= 15 is 0 Å². The van der Waals surface area contributed by atoms with Crippen molar-refractivity contribution in [1.82, 2.24) is 19.7 Å². The first-order valence-corrected chi connectivity index (χ1v) is 12.6. The standard InChI is InChI=1S/C30H28FN5O3/c1-30(29(38)34-25-11-15-27(16-12-25)39-26-13-9-24(31)10-14-26)17-23(8-7-22-5-3-2-4-6-22)18-36(30)28(37)19-35-21-32-20-33-35/h2-16,20-21,23H,17-19H2,1H3,(H,34,38)/b8-7+. The number of carbonyl (C=O) groups excluding carboxylic acids is 2. The number of hydrogen-bond donors (Lipinski definition) is 1. The van der Waals surface area contributed by atoms with Gasteiger partial charge in [-0.1, -0.05) is 42.5 Å². The number of anilines is 1. The summed E-state index contributed by atoms with van der Waals surface area (Å²) in [5.41, 5.74) is 0.547. The Morgan fingerprint density at radius 1 is 1.05 bits per heavy atom. The molecule has 2 amide bonds. The number of halogens is 1. The molecule has 198 valence electrons. The number of amides is 2. The van der Waals surface area contributed by atoms with Gasteiger partial charge in [0.25, 0.3) is 0 Å². The zero-order valence-corrected chi connectivity index (χ0v) is 21.4. The molecular weight excluding hydrogens is 497 g/mol. The molecule has 39 heavy (non-hydrogen) atoms. The fourth-order valence-electron chi connectivity index (χ4n) is 4.70. The third-order valence-corrected chi connectivity index (χ3v) is 6.75. The summed E-state index contributed by atoms with van der Waals surface area (Å²) in [4.78, 5) is 32.5. The maximum absolute atomic E-state index is 13.7. The Morgan fingerprint density at radius 2 is 1.74 bits per heavy atom. The number of likely N-dealkylation sites (tertiary alicyclic amines) is 1. The largest absolute Gasteiger partial charge is 0.457 e. The molecule has 0 radical (unpaired) electrons. The third kappa shape index (κ3) is 6.20. The minimum Gasteiger partial charge on any atom is -0.457 e. The van der Waals surface area contributed by atoms with Crippen molar-refractivity contribution in [2.45, 2.75) is 25.4 Å². The Morgan fingerprint density at radius 3 is 2.41 bits per heavy atom. The molecule has 1 aliphatic heterocycles. The average molecular weight is 526 g/mol. The van der Waals surface area contributed by atoms with E-state index in [1.54, 1.807) is 48.2 Å². The highest BCUT2D eigenvalue weighted by molar-refractivity contribution is 6.00. The van der Waals surface area contributed by atoms with Gasteiger partial charge in [-0.2, -0.15) is 5.10 Å². The number of hydrogen-bond acceptors (Lipinski definition) is 5. The normalized spacial score (nSPS) is 18.8. The van der Waals surface area contributed by atoms with Crippen molar-refractivity contribution in [1.29, 1.82) is 0 Å². The Kier molecular flexibility index (Phi) is 7.49. The van der Waals surface area contributed by atoms with Gasteiger partial charge in [-0.25, -0.2) is 14.1 Å². The number of carbonyl (C=O) groups is 2. The molecule has 1 aromatic heterocycles. The van der Waals surface area contributed by atoms with E-state index in [4.69, 9.17) is 4.74 Å². The highest BCUT2D eigenvalue weighted by Crippen LogP contribution is 2.36. The van der Waals surface area contributed by atoms with Crippen molar-refractivity contribution >= 4 is 23.6 Å². The maximum atomic E-state index is 13.7. The molecule has 0 aliphatic carbocycles. The predicted molar refractivity (Wildman–Crippen MR) is 145 cm³/mol. The zero-order valence-electron chi connectivity index (χ0n) is 21.4. The summed E-state index contributed by atoms with van der Waals surface area (Å²) in [7, 11) is 0. The minimum atomic E-state index is -1.08. The maximum Gasteiger partial charge on any atom is 0.250 e. The Labute approximate surface area is 225 Å². The number of aromatic nitrogens is 3. The van der Waals surface area contributed by atoms with Crippen LogP contribution in [0.5, 0.6) is 11.5 Å². The molecule has 0 saturated carbocycles. The topological polar surface area (TPSA) is 89.4 Å². The van der Waals surface area contributed by atoms with Crippen LogP contribution in [0.25, 0.3) is 6.08 Å². The van der Waals surface area contributed by atoms with Gasteiger partial charge >= 0.3 is 0 Å². The van der Waals surface area contributed by atoms with Gasteiger partial charge in [-0.3, -0.25) is 9.59 Å². The number of benzene rings is 3. The summed E-state index contributed by atoms with van der Waals surface area (Å²) < 4.78 is 20.3. The molecule has 9 heteroatoms. The fourth-order valence-corrected chi connectivity index (χ4v) is 4.70. The monoisotopic (exact) mass is 525 g/mol. The smallest absolute Gasteiger partial charge is 0.250 e. The molecule has 1 aliphatic rings. The molecule has 2 atom stereocenters. The summed E-state index contributed by atoms with van der Waals surface area (Å²) in [5.74, 6) is 0.207. The first-order chi connectivity index (χ1) is 18.9. The zero-order chi connectivity index (χ0) is 27.2. The van der Waals surface area contributed by atoms with Crippen molar-refractivity contribution < 1.29 is 18.7 Å². The first kappa shape index (κ1) is 25.8. The van der Waals surface area contributed by atoms with E-state index in [0.717, 1.165) is 5.56 Å². The average Bonchev–Trinajstić information content (AvgIpc) is 3.58. The van der Waals surface area contributed by atoms with Gasteiger partial charge in [0.05, 0.1) is 0 Å². The van der Waals surface area contributed by atoms with Crippen molar-refractivity contribution in [2.24, 2.45) is 5.92 Å². The molecule has 5 rings (SSSR count). The number of rotatable bonds is 8. The highest BCUT2D eigenvalue weighted by Gasteiger charge is 2.49. The predicted octanol–water partition coefficient (Wildman–Crippen LogP) is 5.17. The Hall–Kier alpha value is -4.79. The van der Waals surface area contributed by atoms with Gasteiger partial charge in [0.2, 0.25) is 11.8 Å². The molecule has 2 unspecified atom stereocenters. The minimum absolute atomic E-state index is 0.00654. The molecular formula is C30H28FN5O3. The lowest BCUT2D eigenvalue weighted by molar-refractivity contribution is -0.142. The Balaban J connectivity index is 1.31. The molecule has 8 nitrogen and oxygen atoms in total. The molecule has 4 aromatic rings. The second kappa shape index (κ2) is 11.3. The van der Waals surface area contributed by atoms with Crippen LogP contribution in [-0.2, 0) is 16.1 Å². The van der Waals surface area contributed by atoms with E-state index in [2.05, 4.69) is 21.5 Å². The summed E-state index contributed by atoms with van der Waals surface area (Å²) in [6.45, 7) is 2.20. The summed E-state index contributed by atoms with van der Waals surface area (Å²) in [5, 5.41) is 7.00. The van der Waals surface area contributed by atoms with Crippen molar-refractivity contribution in [2.75, 3.05) is 11.9 Å². The van der Waals surface area contributed by atoms with Crippen molar-refractivity contribution in [3.63, 3.8) is 0 Å². The van der Waals surface area contributed by atoms with Crippen LogP contribution in [0, 0.1) is 11.7 Å². The van der Waals surface area contributed by atoms with E-state index in [9.17, 15) is 14.0 Å². The SMILES string of the molecule is CC1(C(=O)Nc2ccc(Oc3ccc(F)cc3)cc2)CC(/C=C/c2ccccc2)CN1C(=O)Cn1cncn1. The quantitative estimate of drug-likeness (QED) is 0.343. The van der Waals surface area contributed by atoms with E-state index < -0.39 is 5.54 Å². The second-order valence-corrected chi connectivity index (χ2v) is 9.64. The number of nitrogens with zero attached hydrogens (tertiary/aromatic N) is 4. The van der Waals surface area contributed by atoms with Gasteiger partial charge in [0.1, 0.15) is 42.1 Å². The summed E-state index contributed by atoms with van der Waals surface area (Å²) in [6, 6.07) is 22.5. The fraction of sp³-hybridized carbons (Fsp3) is 0.200. The van der Waals surface area contributed by atoms with Crippen molar-refractivity contribution in [3.8, 4) is 11.5 Å². The molecule has 1 fully saturated rings. The lowest BCUT2D eigenvalue weighted by atomic mass is 9.92. The van der Waals surface area contributed by atoms with E-state index in [-0.39, 0.29) is 30.1 Å². The second-order valence-electron chi connectivity index (χ2n) is 9.64. The third-order valence-electron chi connectivity index (χ3n) is 6.75. The summed E-state index contributed by atoms with van der Waals surface area (Å²) in [6.07, 6.45) is 7.40. The molecule has 0 spiro atoms. The van der Waals surface area contributed by atoms with Gasteiger partial charge < -0.3 is 15.0 Å². The van der Waals surface area contributed by atoms with Gasteiger partial charge in [-0.05, 0) is 73.4 Å². The molecule has 3 aromatic carbocycles. The van der Waals surface area contributed by atoms with Crippen LogP contribution in [0.2, 0.25) is 0 Å². The van der Waals surface area contributed by atoms with E-state index in [1.165, 1.54) is 29.5 Å². The Bertz CT molecular complexity index is 1440. The summed E-state index contributed by atoms with van der Waals surface area (Å²) >= 11 is 0. The number of ether oxygens (including phenoxy) is 1. The van der Waals surface area contributed by atoms with Gasteiger partial charge in [0, 0.05) is 12.2 Å². The molecule has 2 heterocycles. The van der Waals surface area contributed by atoms with Gasteiger partial charge in [-0.15, -0.1) is 0 Å². The molecule has 0 bridgehead atoms.